The van der Waals surface area contributed by atoms with Crippen LogP contribution >= 0.6 is 0 Å². The molecule has 7 nitrogen and oxygen atoms in total. The van der Waals surface area contributed by atoms with Gasteiger partial charge < -0.3 is 15.8 Å². The van der Waals surface area contributed by atoms with Crippen molar-refractivity contribution in [3.05, 3.63) is 28.3 Å². The number of nitrogens with zero attached hydrogens (tertiary/aromatic N) is 1. The third-order valence-electron chi connectivity index (χ3n) is 2.66. The van der Waals surface area contributed by atoms with E-state index in [-0.39, 0.29) is 23.3 Å². The Morgan fingerprint density at radius 2 is 2.11 bits per heavy atom. The number of rotatable bonds is 5. The van der Waals surface area contributed by atoms with E-state index in [1.807, 2.05) is 13.8 Å². The molecule has 0 aliphatic rings. The zero-order chi connectivity index (χ0) is 14.6. The van der Waals surface area contributed by atoms with Crippen molar-refractivity contribution in [1.29, 1.82) is 0 Å². The second-order valence-electron chi connectivity index (χ2n) is 4.40. The first-order valence-corrected chi connectivity index (χ1v) is 5.75. The summed E-state index contributed by atoms with van der Waals surface area (Å²) in [6.07, 6.45) is 0. The summed E-state index contributed by atoms with van der Waals surface area (Å²) in [5.74, 6) is -0.265. The van der Waals surface area contributed by atoms with E-state index in [1.54, 1.807) is 0 Å². The molecular formula is C12H17N3O4. The summed E-state index contributed by atoms with van der Waals surface area (Å²) in [5, 5.41) is 13.4. The second kappa shape index (κ2) is 6.14. The highest BCUT2D eigenvalue weighted by Crippen LogP contribution is 2.29. The Morgan fingerprint density at radius 3 is 2.58 bits per heavy atom. The fourth-order valence-corrected chi connectivity index (χ4v) is 1.44. The number of nitrogens with one attached hydrogen (secondary N) is 1. The maximum absolute atomic E-state index is 11.8. The highest BCUT2D eigenvalue weighted by Gasteiger charge is 2.20. The van der Waals surface area contributed by atoms with Gasteiger partial charge in [-0.3, -0.25) is 14.9 Å². The summed E-state index contributed by atoms with van der Waals surface area (Å²) >= 11 is 0. The number of carbonyl (C=O) groups is 1. The van der Waals surface area contributed by atoms with Gasteiger partial charge in [0.2, 0.25) is 5.91 Å². The molecule has 3 N–H and O–H groups in total. The maximum atomic E-state index is 11.8. The normalized spacial score (nSPS) is 12.1. The third-order valence-corrected chi connectivity index (χ3v) is 2.66. The number of carbonyl (C=O) groups excluding carboxylic acids is 1. The van der Waals surface area contributed by atoms with Crippen LogP contribution in [0.25, 0.3) is 0 Å². The zero-order valence-electron chi connectivity index (χ0n) is 11.0. The Morgan fingerprint density at radius 1 is 1.47 bits per heavy atom. The van der Waals surface area contributed by atoms with E-state index in [9.17, 15) is 14.9 Å². The predicted molar refractivity (Wildman–Crippen MR) is 71.1 cm³/mol. The predicted octanol–water partition coefficient (Wildman–Crippen LogP) is 1.53. The van der Waals surface area contributed by atoms with Crippen LogP contribution in [0.3, 0.4) is 0 Å². The van der Waals surface area contributed by atoms with Crippen molar-refractivity contribution in [2.75, 3.05) is 12.4 Å². The van der Waals surface area contributed by atoms with Gasteiger partial charge in [-0.15, -0.1) is 0 Å². The number of amides is 1. The first kappa shape index (κ1) is 14.9. The first-order valence-electron chi connectivity index (χ1n) is 5.75. The minimum atomic E-state index is -0.666. The Kier molecular flexibility index (Phi) is 4.82. The number of anilines is 1. The number of nitro groups is 1. The van der Waals surface area contributed by atoms with Gasteiger partial charge in [0.1, 0.15) is 0 Å². The third kappa shape index (κ3) is 3.65. The van der Waals surface area contributed by atoms with Gasteiger partial charge in [-0.2, -0.15) is 0 Å². The van der Waals surface area contributed by atoms with E-state index in [4.69, 9.17) is 10.5 Å². The molecule has 1 aromatic rings. The lowest BCUT2D eigenvalue weighted by Crippen LogP contribution is -2.39. The standard InChI is InChI=1S/C12H17N3O4/c1-7(2)11(13)12(16)14-8-4-5-10(19-3)9(6-8)15(17)18/h4-7,11H,13H2,1-3H3,(H,14,16)/t11-/m0/s1. The van der Waals surface area contributed by atoms with E-state index in [0.29, 0.717) is 5.69 Å². The number of benzene rings is 1. The smallest absolute Gasteiger partial charge is 0.312 e. The van der Waals surface area contributed by atoms with Crippen molar-refractivity contribution in [1.82, 2.24) is 0 Å². The molecule has 1 aromatic carbocycles. The fraction of sp³-hybridized carbons (Fsp3) is 0.417. The summed E-state index contributed by atoms with van der Waals surface area (Å²) < 4.78 is 4.87. The number of hydrogen-bond donors (Lipinski definition) is 2. The lowest BCUT2D eigenvalue weighted by atomic mass is 10.0. The van der Waals surface area contributed by atoms with Crippen LogP contribution in [0.2, 0.25) is 0 Å². The molecule has 0 aliphatic heterocycles. The fourth-order valence-electron chi connectivity index (χ4n) is 1.44. The zero-order valence-corrected chi connectivity index (χ0v) is 11.0. The quantitative estimate of drug-likeness (QED) is 0.621. The summed E-state index contributed by atoms with van der Waals surface area (Å²) in [5.41, 5.74) is 5.79. The minimum absolute atomic E-state index is 0.0202. The topological polar surface area (TPSA) is 107 Å². The minimum Gasteiger partial charge on any atom is -0.490 e. The van der Waals surface area contributed by atoms with E-state index < -0.39 is 11.0 Å². The number of nitrogens with two attached hydrogens (primary N) is 1. The van der Waals surface area contributed by atoms with E-state index >= 15 is 0 Å². The molecule has 0 bridgehead atoms. The molecule has 104 valence electrons. The average molecular weight is 267 g/mol. The first-order chi connectivity index (χ1) is 8.86. The van der Waals surface area contributed by atoms with Gasteiger partial charge in [-0.05, 0) is 18.1 Å². The van der Waals surface area contributed by atoms with Crippen LogP contribution in [0, 0.1) is 16.0 Å². The molecule has 0 aliphatic carbocycles. The molecule has 1 atom stereocenters. The van der Waals surface area contributed by atoms with Crippen LogP contribution in [0.15, 0.2) is 18.2 Å². The number of methoxy groups -OCH3 is 1. The largest absolute Gasteiger partial charge is 0.490 e. The molecule has 0 unspecified atom stereocenters. The van der Waals surface area contributed by atoms with Crippen LogP contribution in [0.1, 0.15) is 13.8 Å². The summed E-state index contributed by atoms with van der Waals surface area (Å²) in [6, 6.07) is 3.52. The molecule has 0 fully saturated rings. The second-order valence-corrected chi connectivity index (χ2v) is 4.40. The van der Waals surface area contributed by atoms with Crippen molar-refractivity contribution >= 4 is 17.3 Å². The lowest BCUT2D eigenvalue weighted by Gasteiger charge is -2.15. The molecule has 0 spiro atoms. The molecule has 1 rings (SSSR count). The van der Waals surface area contributed by atoms with Gasteiger partial charge in [-0.1, -0.05) is 13.8 Å². The molecule has 19 heavy (non-hydrogen) atoms. The Balaban J connectivity index is 2.94. The molecule has 0 radical (unpaired) electrons. The van der Waals surface area contributed by atoms with Crippen LogP contribution in [0.5, 0.6) is 5.75 Å². The van der Waals surface area contributed by atoms with Gasteiger partial charge in [0, 0.05) is 11.8 Å². The molecule has 0 saturated carbocycles. The Labute approximate surface area is 110 Å². The van der Waals surface area contributed by atoms with Crippen LogP contribution < -0.4 is 15.8 Å². The monoisotopic (exact) mass is 267 g/mol. The number of ether oxygens (including phenoxy) is 1. The maximum Gasteiger partial charge on any atom is 0.312 e. The lowest BCUT2D eigenvalue weighted by molar-refractivity contribution is -0.385. The highest BCUT2D eigenvalue weighted by atomic mass is 16.6. The van der Waals surface area contributed by atoms with Crippen molar-refractivity contribution in [3.63, 3.8) is 0 Å². The molecule has 0 aromatic heterocycles. The van der Waals surface area contributed by atoms with Gasteiger partial charge in [0.15, 0.2) is 5.75 Å². The average Bonchev–Trinajstić information content (AvgIpc) is 2.37. The molecule has 0 heterocycles. The summed E-state index contributed by atoms with van der Waals surface area (Å²) in [7, 11) is 1.34. The van der Waals surface area contributed by atoms with E-state index in [0.717, 1.165) is 0 Å². The Hall–Kier alpha value is -2.15. The molecule has 1 amide bonds. The van der Waals surface area contributed by atoms with Crippen LogP contribution in [-0.2, 0) is 4.79 Å². The van der Waals surface area contributed by atoms with E-state index in [1.165, 1.54) is 25.3 Å². The number of nitro benzene ring substituents is 1. The highest BCUT2D eigenvalue weighted by molar-refractivity contribution is 5.95. The van der Waals surface area contributed by atoms with Gasteiger partial charge >= 0.3 is 5.69 Å². The molecule has 7 heteroatoms. The van der Waals surface area contributed by atoms with Crippen molar-refractivity contribution < 1.29 is 14.5 Å². The van der Waals surface area contributed by atoms with Gasteiger partial charge in [0.05, 0.1) is 18.1 Å². The SMILES string of the molecule is COc1ccc(NC(=O)[C@@H](N)C(C)C)cc1[N+](=O)[O-]. The number of hydrogen-bond acceptors (Lipinski definition) is 5. The summed E-state index contributed by atoms with van der Waals surface area (Å²) in [4.78, 5) is 22.0. The van der Waals surface area contributed by atoms with E-state index in [2.05, 4.69) is 5.32 Å². The molecular weight excluding hydrogens is 250 g/mol. The van der Waals surface area contributed by atoms with Gasteiger partial charge in [-0.25, -0.2) is 0 Å². The Bertz CT molecular complexity index is 488. The van der Waals surface area contributed by atoms with Crippen LogP contribution in [-0.4, -0.2) is 24.0 Å². The van der Waals surface area contributed by atoms with Crippen LogP contribution in [0.4, 0.5) is 11.4 Å². The van der Waals surface area contributed by atoms with Gasteiger partial charge in [0.25, 0.3) is 0 Å². The van der Waals surface area contributed by atoms with Crippen molar-refractivity contribution in [3.8, 4) is 5.75 Å². The molecule has 0 saturated heterocycles. The van der Waals surface area contributed by atoms with Crippen molar-refractivity contribution in [2.45, 2.75) is 19.9 Å². The van der Waals surface area contributed by atoms with Crippen molar-refractivity contribution in [2.24, 2.45) is 11.7 Å². The summed E-state index contributed by atoms with van der Waals surface area (Å²) in [6.45, 7) is 3.64.